The van der Waals surface area contributed by atoms with Crippen LogP contribution in [0.3, 0.4) is 0 Å². The number of nitrogens with zero attached hydrogens (tertiary/aromatic N) is 3. The van der Waals surface area contributed by atoms with Crippen molar-refractivity contribution in [2.45, 2.75) is 6.92 Å². The van der Waals surface area contributed by atoms with Gasteiger partial charge in [0.15, 0.2) is 0 Å². The van der Waals surface area contributed by atoms with Crippen molar-refractivity contribution in [1.82, 2.24) is 9.97 Å². The van der Waals surface area contributed by atoms with Gasteiger partial charge < -0.3 is 15.4 Å². The van der Waals surface area contributed by atoms with Gasteiger partial charge in [-0.05, 0) is 55.5 Å². The van der Waals surface area contributed by atoms with Crippen molar-refractivity contribution in [2.75, 3.05) is 17.7 Å². The van der Waals surface area contributed by atoms with Gasteiger partial charge in [-0.2, -0.15) is 5.26 Å². The lowest BCUT2D eigenvalue weighted by molar-refractivity contribution is 0.0600. The molecule has 1 heterocycles. The van der Waals surface area contributed by atoms with Gasteiger partial charge in [-0.25, -0.2) is 14.8 Å². The van der Waals surface area contributed by atoms with E-state index in [1.807, 2.05) is 6.07 Å². The summed E-state index contributed by atoms with van der Waals surface area (Å²) in [6.45, 7) is 1.75. The second-order valence-electron chi connectivity index (χ2n) is 6.06. The summed E-state index contributed by atoms with van der Waals surface area (Å²) in [7, 11) is 1.32. The minimum atomic E-state index is -0.428. The molecule has 0 fully saturated rings. The second kappa shape index (κ2) is 8.63. The standard InChI is InChI=1S/C21H17N5O3/c1-13-10-18(19(27)24-17-5-3-4-14(11-17)12-22)26-21(23-13)25-16-8-6-15(7-9-16)20(28)29-2/h3-11H,1-2H3,(H,24,27)(H,23,25,26). The van der Waals surface area contributed by atoms with E-state index in [0.717, 1.165) is 0 Å². The molecule has 2 aromatic carbocycles. The number of hydrogen-bond donors (Lipinski definition) is 2. The van der Waals surface area contributed by atoms with Crippen LogP contribution in [0.4, 0.5) is 17.3 Å². The maximum absolute atomic E-state index is 12.6. The molecular formula is C21H17N5O3. The van der Waals surface area contributed by atoms with E-state index in [0.29, 0.717) is 28.2 Å². The van der Waals surface area contributed by atoms with E-state index in [1.165, 1.54) is 7.11 Å². The van der Waals surface area contributed by atoms with Crippen LogP contribution >= 0.6 is 0 Å². The predicted molar refractivity (Wildman–Crippen MR) is 107 cm³/mol. The first-order valence-corrected chi connectivity index (χ1v) is 8.61. The molecular weight excluding hydrogens is 370 g/mol. The molecule has 8 nitrogen and oxygen atoms in total. The smallest absolute Gasteiger partial charge is 0.337 e. The molecule has 0 unspecified atom stereocenters. The Kier molecular flexibility index (Phi) is 5.80. The zero-order chi connectivity index (χ0) is 20.8. The number of hydrogen-bond acceptors (Lipinski definition) is 7. The summed E-state index contributed by atoms with van der Waals surface area (Å²) in [4.78, 5) is 32.6. The SMILES string of the molecule is COC(=O)c1ccc(Nc2nc(C)cc(C(=O)Nc3cccc(C#N)c3)n2)cc1. The van der Waals surface area contributed by atoms with Gasteiger partial charge in [0.05, 0.1) is 24.3 Å². The first kappa shape index (κ1) is 19.5. The fraction of sp³-hybridized carbons (Fsp3) is 0.0952. The van der Waals surface area contributed by atoms with Crippen LogP contribution < -0.4 is 10.6 Å². The van der Waals surface area contributed by atoms with Crippen molar-refractivity contribution in [2.24, 2.45) is 0 Å². The van der Waals surface area contributed by atoms with Gasteiger partial charge in [0.25, 0.3) is 5.91 Å². The molecule has 144 valence electrons. The lowest BCUT2D eigenvalue weighted by atomic mass is 10.2. The molecule has 29 heavy (non-hydrogen) atoms. The Hall–Kier alpha value is -4.25. The second-order valence-corrected chi connectivity index (χ2v) is 6.06. The third-order valence-corrected chi connectivity index (χ3v) is 3.90. The number of nitriles is 1. The minimum Gasteiger partial charge on any atom is -0.465 e. The zero-order valence-electron chi connectivity index (χ0n) is 15.8. The topological polar surface area (TPSA) is 117 Å². The van der Waals surface area contributed by atoms with Crippen LogP contribution in [0.25, 0.3) is 0 Å². The molecule has 0 aliphatic heterocycles. The number of amides is 1. The Labute approximate surface area is 167 Å². The molecule has 0 aliphatic rings. The van der Waals surface area contributed by atoms with E-state index in [2.05, 4.69) is 25.3 Å². The highest BCUT2D eigenvalue weighted by molar-refractivity contribution is 6.03. The number of aromatic nitrogens is 2. The van der Waals surface area contributed by atoms with Gasteiger partial charge in [0.2, 0.25) is 5.95 Å². The molecule has 1 aromatic heterocycles. The molecule has 8 heteroatoms. The largest absolute Gasteiger partial charge is 0.465 e. The number of nitrogens with one attached hydrogen (secondary N) is 2. The maximum Gasteiger partial charge on any atom is 0.337 e. The summed E-state index contributed by atoms with van der Waals surface area (Å²) in [6, 6.07) is 16.8. The van der Waals surface area contributed by atoms with Gasteiger partial charge in [-0.3, -0.25) is 4.79 Å². The van der Waals surface area contributed by atoms with E-state index in [-0.39, 0.29) is 11.6 Å². The molecule has 1 amide bonds. The molecule has 0 aliphatic carbocycles. The lowest BCUT2D eigenvalue weighted by Gasteiger charge is -2.09. The van der Waals surface area contributed by atoms with Crippen molar-refractivity contribution in [3.8, 4) is 6.07 Å². The normalized spacial score (nSPS) is 9.97. The summed E-state index contributed by atoms with van der Waals surface area (Å²) in [5, 5.41) is 14.7. The molecule has 3 rings (SSSR count). The summed E-state index contributed by atoms with van der Waals surface area (Å²) >= 11 is 0. The molecule has 0 spiro atoms. The summed E-state index contributed by atoms with van der Waals surface area (Å²) in [5.41, 5.74) is 2.79. The van der Waals surface area contributed by atoms with Crippen molar-refractivity contribution in [1.29, 1.82) is 5.26 Å². The average Bonchev–Trinajstić information content (AvgIpc) is 2.73. The highest BCUT2D eigenvalue weighted by Gasteiger charge is 2.12. The van der Waals surface area contributed by atoms with Crippen LogP contribution in [0.5, 0.6) is 0 Å². The van der Waals surface area contributed by atoms with E-state index in [4.69, 9.17) is 5.26 Å². The van der Waals surface area contributed by atoms with Crippen LogP contribution in [0.2, 0.25) is 0 Å². The summed E-state index contributed by atoms with van der Waals surface area (Å²) < 4.78 is 4.67. The zero-order valence-corrected chi connectivity index (χ0v) is 15.8. The van der Waals surface area contributed by atoms with E-state index in [9.17, 15) is 9.59 Å². The van der Waals surface area contributed by atoms with Gasteiger partial charge in [0.1, 0.15) is 5.69 Å². The number of anilines is 3. The third kappa shape index (κ3) is 4.93. The number of esters is 1. The molecule has 0 bridgehead atoms. The van der Waals surface area contributed by atoms with Crippen LogP contribution in [0.1, 0.15) is 32.1 Å². The number of benzene rings is 2. The highest BCUT2D eigenvalue weighted by atomic mass is 16.5. The van der Waals surface area contributed by atoms with E-state index < -0.39 is 11.9 Å². The maximum atomic E-state index is 12.6. The Bertz CT molecular complexity index is 1100. The first-order chi connectivity index (χ1) is 14.0. The number of rotatable bonds is 5. The summed E-state index contributed by atoms with van der Waals surface area (Å²) in [5.74, 6) is -0.607. The highest BCUT2D eigenvalue weighted by Crippen LogP contribution is 2.17. The Morgan fingerprint density at radius 2 is 1.79 bits per heavy atom. The summed E-state index contributed by atoms with van der Waals surface area (Å²) in [6.07, 6.45) is 0. The minimum absolute atomic E-state index is 0.175. The fourth-order valence-electron chi connectivity index (χ4n) is 2.54. The Morgan fingerprint density at radius 3 is 2.48 bits per heavy atom. The van der Waals surface area contributed by atoms with Crippen molar-refractivity contribution < 1.29 is 14.3 Å². The molecule has 0 saturated carbocycles. The van der Waals surface area contributed by atoms with Gasteiger partial charge in [-0.15, -0.1) is 0 Å². The van der Waals surface area contributed by atoms with Crippen LogP contribution in [0, 0.1) is 18.3 Å². The predicted octanol–water partition coefficient (Wildman–Crippen LogP) is 3.44. The number of carbonyl (C=O) groups is 2. The van der Waals surface area contributed by atoms with E-state index in [1.54, 1.807) is 61.5 Å². The molecule has 3 aromatic rings. The number of carbonyl (C=O) groups excluding carboxylic acids is 2. The monoisotopic (exact) mass is 387 g/mol. The quantitative estimate of drug-likeness (QED) is 0.644. The average molecular weight is 387 g/mol. The van der Waals surface area contributed by atoms with Gasteiger partial charge in [-0.1, -0.05) is 6.07 Å². The molecule has 0 radical (unpaired) electrons. The van der Waals surface area contributed by atoms with Crippen molar-refractivity contribution >= 4 is 29.2 Å². The first-order valence-electron chi connectivity index (χ1n) is 8.61. The molecule has 0 atom stereocenters. The third-order valence-electron chi connectivity index (χ3n) is 3.90. The van der Waals surface area contributed by atoms with Crippen LogP contribution in [-0.4, -0.2) is 29.0 Å². The number of ether oxygens (including phenoxy) is 1. The van der Waals surface area contributed by atoms with Gasteiger partial charge >= 0.3 is 5.97 Å². The molecule has 0 saturated heterocycles. The molecule has 2 N–H and O–H groups in total. The van der Waals surface area contributed by atoms with E-state index >= 15 is 0 Å². The number of methoxy groups -OCH3 is 1. The van der Waals surface area contributed by atoms with Crippen molar-refractivity contribution in [3.63, 3.8) is 0 Å². The van der Waals surface area contributed by atoms with Gasteiger partial charge in [0, 0.05) is 17.1 Å². The van der Waals surface area contributed by atoms with Crippen molar-refractivity contribution in [3.05, 3.63) is 77.1 Å². The Balaban J connectivity index is 1.77. The van der Waals surface area contributed by atoms with Crippen LogP contribution in [-0.2, 0) is 4.74 Å². The van der Waals surface area contributed by atoms with Crippen LogP contribution in [0.15, 0.2) is 54.6 Å². The number of aryl methyl sites for hydroxylation is 1. The Morgan fingerprint density at radius 1 is 1.03 bits per heavy atom. The fourth-order valence-corrected chi connectivity index (χ4v) is 2.54. The lowest BCUT2D eigenvalue weighted by Crippen LogP contribution is -2.15.